The number of nitrogens with zero attached hydrogens (tertiary/aromatic N) is 1. The minimum Gasteiger partial charge on any atom is -0.351 e. The molecule has 1 atom stereocenters. The Bertz CT molecular complexity index is 581. The lowest BCUT2D eigenvalue weighted by Crippen LogP contribution is -2.46. The van der Waals surface area contributed by atoms with E-state index in [2.05, 4.69) is 10.6 Å². The van der Waals surface area contributed by atoms with E-state index in [1.54, 1.807) is 31.1 Å². The zero-order valence-electron chi connectivity index (χ0n) is 11.5. The highest BCUT2D eigenvalue weighted by atomic mass is 35.5. The third-order valence-electron chi connectivity index (χ3n) is 3.11. The van der Waals surface area contributed by atoms with Crippen LogP contribution in [0, 0.1) is 0 Å². The number of allylic oxidation sites excluding steroid dienone is 1. The zero-order chi connectivity index (χ0) is 14.9. The average molecular weight is 310 g/mol. The second-order valence-corrected chi connectivity index (χ2v) is 5.67. The Labute approximate surface area is 128 Å². The number of carbonyl (C=O) groups excluding carboxylic acids is 1. The van der Waals surface area contributed by atoms with Crippen molar-refractivity contribution in [1.82, 2.24) is 15.5 Å². The first-order chi connectivity index (χ1) is 9.40. The number of amides is 1. The molecule has 0 spiro atoms. The van der Waals surface area contributed by atoms with E-state index < -0.39 is 0 Å². The number of rotatable bonds is 2. The van der Waals surface area contributed by atoms with Crippen molar-refractivity contribution in [2.24, 2.45) is 0 Å². The molecule has 0 aliphatic carbocycles. The van der Waals surface area contributed by atoms with Crippen molar-refractivity contribution in [3.8, 4) is 0 Å². The van der Waals surface area contributed by atoms with E-state index in [1.165, 1.54) is 0 Å². The molecule has 20 heavy (non-hydrogen) atoms. The first-order valence-electron chi connectivity index (χ1n) is 6.15. The van der Waals surface area contributed by atoms with Gasteiger partial charge in [0.15, 0.2) is 5.11 Å². The van der Waals surface area contributed by atoms with Gasteiger partial charge in [-0.2, -0.15) is 0 Å². The van der Waals surface area contributed by atoms with Crippen LogP contribution in [0.4, 0.5) is 0 Å². The van der Waals surface area contributed by atoms with Crippen molar-refractivity contribution in [3.05, 3.63) is 46.1 Å². The minimum atomic E-state index is -0.268. The zero-order valence-corrected chi connectivity index (χ0v) is 13.1. The van der Waals surface area contributed by atoms with Gasteiger partial charge < -0.3 is 15.5 Å². The maximum Gasteiger partial charge on any atom is 0.253 e. The maximum absolute atomic E-state index is 12.4. The number of halogens is 1. The molecule has 0 saturated heterocycles. The predicted molar refractivity (Wildman–Crippen MR) is 84.5 cm³/mol. The van der Waals surface area contributed by atoms with Crippen molar-refractivity contribution >= 4 is 34.8 Å². The van der Waals surface area contributed by atoms with Crippen molar-refractivity contribution in [1.29, 1.82) is 0 Å². The van der Waals surface area contributed by atoms with Gasteiger partial charge in [0.2, 0.25) is 0 Å². The summed E-state index contributed by atoms with van der Waals surface area (Å²) in [5.41, 5.74) is 2.38. The fourth-order valence-electron chi connectivity index (χ4n) is 2.12. The van der Waals surface area contributed by atoms with Crippen LogP contribution in [-0.2, 0) is 4.79 Å². The van der Waals surface area contributed by atoms with Crippen molar-refractivity contribution in [2.75, 3.05) is 14.1 Å². The standard InChI is InChI=1S/C14H16ClN3OS/c1-8-11(13(19)18(2)3)12(17-14(20)16-8)9-4-6-10(15)7-5-9/h4-7,12H,1-3H3,(H2,16,17,20). The summed E-state index contributed by atoms with van der Waals surface area (Å²) in [6, 6.07) is 7.12. The minimum absolute atomic E-state index is 0.0510. The molecule has 1 aliphatic heterocycles. The van der Waals surface area contributed by atoms with E-state index in [1.807, 2.05) is 19.1 Å². The highest BCUT2D eigenvalue weighted by molar-refractivity contribution is 7.80. The third-order valence-corrected chi connectivity index (χ3v) is 3.58. The maximum atomic E-state index is 12.4. The summed E-state index contributed by atoms with van der Waals surface area (Å²) in [7, 11) is 3.46. The summed E-state index contributed by atoms with van der Waals surface area (Å²) in [6.45, 7) is 1.85. The molecular weight excluding hydrogens is 294 g/mol. The molecule has 1 amide bonds. The lowest BCUT2D eigenvalue weighted by Gasteiger charge is -2.31. The van der Waals surface area contributed by atoms with Gasteiger partial charge in [-0.1, -0.05) is 23.7 Å². The summed E-state index contributed by atoms with van der Waals surface area (Å²) in [6.07, 6.45) is 0. The molecule has 0 radical (unpaired) electrons. The number of likely N-dealkylation sites (N-methyl/N-ethyl adjacent to an activating group) is 1. The molecule has 0 saturated carbocycles. The highest BCUT2D eigenvalue weighted by Gasteiger charge is 2.30. The first kappa shape index (κ1) is 14.8. The summed E-state index contributed by atoms with van der Waals surface area (Å²) in [5.74, 6) is -0.0510. The molecule has 106 valence electrons. The van der Waals surface area contributed by atoms with Crippen LogP contribution in [0.2, 0.25) is 5.02 Å². The smallest absolute Gasteiger partial charge is 0.253 e. The highest BCUT2D eigenvalue weighted by Crippen LogP contribution is 2.28. The van der Waals surface area contributed by atoms with E-state index in [0.717, 1.165) is 11.3 Å². The molecule has 1 aromatic rings. The fourth-order valence-corrected chi connectivity index (χ4v) is 2.52. The van der Waals surface area contributed by atoms with Gasteiger partial charge >= 0.3 is 0 Å². The predicted octanol–water partition coefficient (Wildman–Crippen LogP) is 2.22. The van der Waals surface area contributed by atoms with Crippen LogP contribution in [-0.4, -0.2) is 30.0 Å². The van der Waals surface area contributed by atoms with Crippen LogP contribution < -0.4 is 10.6 Å². The summed E-state index contributed by atoms with van der Waals surface area (Å²) < 4.78 is 0. The normalized spacial score (nSPS) is 18.4. The topological polar surface area (TPSA) is 44.4 Å². The van der Waals surface area contributed by atoms with Crippen LogP contribution in [0.15, 0.2) is 35.5 Å². The molecule has 1 heterocycles. The van der Waals surface area contributed by atoms with Gasteiger partial charge in [0.05, 0.1) is 11.6 Å². The molecule has 0 aromatic heterocycles. The Balaban J connectivity index is 2.47. The number of thiocarbonyl (C=S) groups is 1. The van der Waals surface area contributed by atoms with Crippen LogP contribution in [0.5, 0.6) is 0 Å². The molecule has 1 unspecified atom stereocenters. The van der Waals surface area contributed by atoms with Gasteiger partial charge in [0.25, 0.3) is 5.91 Å². The molecule has 1 aliphatic rings. The number of hydrogen-bond donors (Lipinski definition) is 2. The molecule has 1 aromatic carbocycles. The van der Waals surface area contributed by atoms with Gasteiger partial charge in [0, 0.05) is 24.8 Å². The quantitative estimate of drug-likeness (QED) is 0.822. The average Bonchev–Trinajstić information content (AvgIpc) is 2.38. The fraction of sp³-hybridized carbons (Fsp3) is 0.286. The lowest BCUT2D eigenvalue weighted by atomic mass is 9.95. The summed E-state index contributed by atoms with van der Waals surface area (Å²) >= 11 is 11.1. The van der Waals surface area contributed by atoms with Crippen molar-refractivity contribution in [3.63, 3.8) is 0 Å². The van der Waals surface area contributed by atoms with Gasteiger partial charge in [0.1, 0.15) is 0 Å². The second kappa shape index (κ2) is 5.81. The van der Waals surface area contributed by atoms with E-state index in [-0.39, 0.29) is 11.9 Å². The number of nitrogens with one attached hydrogen (secondary N) is 2. The number of carbonyl (C=O) groups is 1. The number of benzene rings is 1. The Hall–Kier alpha value is -1.59. The van der Waals surface area contributed by atoms with Gasteiger partial charge in [-0.05, 0) is 36.8 Å². The molecule has 2 N–H and O–H groups in total. The molecule has 0 bridgehead atoms. The second-order valence-electron chi connectivity index (χ2n) is 4.82. The van der Waals surface area contributed by atoms with E-state index in [0.29, 0.717) is 15.7 Å². The monoisotopic (exact) mass is 309 g/mol. The van der Waals surface area contributed by atoms with Crippen LogP contribution in [0.25, 0.3) is 0 Å². The third kappa shape index (κ3) is 2.94. The van der Waals surface area contributed by atoms with E-state index >= 15 is 0 Å². The van der Waals surface area contributed by atoms with E-state index in [4.69, 9.17) is 23.8 Å². The molecule has 2 rings (SSSR count). The first-order valence-corrected chi connectivity index (χ1v) is 6.94. The van der Waals surface area contributed by atoms with E-state index in [9.17, 15) is 4.79 Å². The molecular formula is C14H16ClN3OS. The lowest BCUT2D eigenvalue weighted by molar-refractivity contribution is -0.125. The van der Waals surface area contributed by atoms with Crippen LogP contribution >= 0.6 is 23.8 Å². The van der Waals surface area contributed by atoms with Gasteiger partial charge in [-0.3, -0.25) is 4.79 Å². The van der Waals surface area contributed by atoms with Crippen molar-refractivity contribution in [2.45, 2.75) is 13.0 Å². The Morgan fingerprint density at radius 1 is 1.30 bits per heavy atom. The Morgan fingerprint density at radius 3 is 2.45 bits per heavy atom. The SMILES string of the molecule is CC1=C(C(=O)N(C)C)C(c2ccc(Cl)cc2)NC(=S)N1. The molecule has 6 heteroatoms. The molecule has 0 fully saturated rings. The Kier molecular flexibility index (Phi) is 4.30. The van der Waals surface area contributed by atoms with Crippen LogP contribution in [0.3, 0.4) is 0 Å². The summed E-state index contributed by atoms with van der Waals surface area (Å²) in [4.78, 5) is 13.9. The summed E-state index contributed by atoms with van der Waals surface area (Å²) in [5, 5.41) is 7.31. The Morgan fingerprint density at radius 2 is 1.90 bits per heavy atom. The molecule has 4 nitrogen and oxygen atoms in total. The van der Waals surface area contributed by atoms with Crippen molar-refractivity contribution < 1.29 is 4.79 Å². The van der Waals surface area contributed by atoms with Crippen LogP contribution in [0.1, 0.15) is 18.5 Å². The van der Waals surface area contributed by atoms with Gasteiger partial charge in [-0.25, -0.2) is 0 Å². The number of hydrogen-bond acceptors (Lipinski definition) is 2. The van der Waals surface area contributed by atoms with Gasteiger partial charge in [-0.15, -0.1) is 0 Å². The largest absolute Gasteiger partial charge is 0.351 e.